The summed E-state index contributed by atoms with van der Waals surface area (Å²) in [7, 11) is 0. The van der Waals surface area contributed by atoms with Gasteiger partial charge >= 0.3 is 5.63 Å². The average molecular weight is 1580 g/mol. The number of non-ortho nitro benzene ring substituents is 1. The second kappa shape index (κ2) is 46.3. The molecule has 25 N–H and O–H groups in total. The second-order valence-electron chi connectivity index (χ2n) is 28.1. The monoisotopic (exact) mass is 1580 g/mol. The van der Waals surface area contributed by atoms with Gasteiger partial charge in [0.15, 0.2) is 5.96 Å². The molecule has 0 saturated heterocycles. The van der Waals surface area contributed by atoms with E-state index in [9.17, 15) is 92.5 Å². The molecule has 618 valence electrons. The van der Waals surface area contributed by atoms with Crippen LogP contribution in [0.3, 0.4) is 0 Å². The van der Waals surface area contributed by atoms with Crippen molar-refractivity contribution in [2.24, 2.45) is 45.0 Å². The molecule has 0 aliphatic carbocycles. The highest BCUT2D eigenvalue weighted by Crippen LogP contribution is 2.29. The van der Waals surface area contributed by atoms with E-state index in [1.807, 2.05) is 0 Å². The minimum absolute atomic E-state index is 0.00736. The quantitative estimate of drug-likeness (QED) is 0.00406. The highest BCUT2D eigenvalue weighted by molar-refractivity contribution is 5.99. The number of nitrogens with one attached hydrogen (secondary N) is 12. The van der Waals surface area contributed by atoms with E-state index >= 15 is 0 Å². The van der Waals surface area contributed by atoms with Gasteiger partial charge in [-0.2, -0.15) is 0 Å². The number of primary amides is 2. The summed E-state index contributed by atoms with van der Waals surface area (Å²) in [6.07, 6.45) is -0.659. The molecule has 4 aromatic rings. The van der Waals surface area contributed by atoms with E-state index in [1.54, 1.807) is 84.0 Å². The first kappa shape index (κ1) is 93.0. The Morgan fingerprint density at radius 2 is 1.12 bits per heavy atom. The number of amides is 13. The van der Waals surface area contributed by atoms with Crippen molar-refractivity contribution in [1.82, 2.24) is 58.5 Å². The van der Waals surface area contributed by atoms with E-state index in [0.29, 0.717) is 35.0 Å². The average Bonchev–Trinajstić information content (AvgIpc) is 0.806. The first-order valence-corrected chi connectivity index (χ1v) is 36.6. The third kappa shape index (κ3) is 32.6. The fraction of sp³-hybridized carbons (Fsp3) is 0.514. The highest BCUT2D eigenvalue weighted by atomic mass is 16.6. The number of nitrogens with zero attached hydrogens (tertiary/aromatic N) is 3. The molecule has 3 aromatic carbocycles. The van der Waals surface area contributed by atoms with Crippen molar-refractivity contribution < 1.29 is 81.7 Å². The van der Waals surface area contributed by atoms with Crippen LogP contribution in [0.15, 0.2) is 87.0 Å². The van der Waals surface area contributed by atoms with Gasteiger partial charge in [-0.3, -0.25) is 87.6 Å². The Morgan fingerprint density at radius 1 is 0.575 bits per heavy atom. The van der Waals surface area contributed by atoms with E-state index in [1.165, 1.54) is 6.07 Å². The van der Waals surface area contributed by atoms with Crippen LogP contribution in [0.25, 0.3) is 11.0 Å². The summed E-state index contributed by atoms with van der Waals surface area (Å²) < 4.78 is 5.19. The second-order valence-corrected chi connectivity index (χ2v) is 28.1. The molecule has 13 amide bonds. The molecule has 0 radical (unpaired) electrons. The van der Waals surface area contributed by atoms with E-state index in [2.05, 4.69) is 68.8 Å². The lowest BCUT2D eigenvalue weighted by Crippen LogP contribution is -2.62. The lowest BCUT2D eigenvalue weighted by Gasteiger charge is -2.33. The minimum atomic E-state index is -1.86. The van der Waals surface area contributed by atoms with Gasteiger partial charge in [0, 0.05) is 55.2 Å². The zero-order chi connectivity index (χ0) is 84.2. The molecule has 0 aliphatic rings. The van der Waals surface area contributed by atoms with Crippen molar-refractivity contribution in [3.63, 3.8) is 0 Å². The summed E-state index contributed by atoms with van der Waals surface area (Å²) in [6, 6.07) is 3.59. The van der Waals surface area contributed by atoms with Crippen LogP contribution in [0, 0.1) is 31.6 Å². The number of fused-ring (bicyclic) bond motifs is 1. The van der Waals surface area contributed by atoms with Crippen LogP contribution in [0.1, 0.15) is 130 Å². The molecule has 1 heterocycles. The number of nitrogen functional groups attached to an aromatic ring is 1. The number of carbonyl (C=O) groups is 13. The van der Waals surface area contributed by atoms with Crippen LogP contribution in [0.4, 0.5) is 22.7 Å². The molecule has 41 heteroatoms. The Bertz CT molecular complexity index is 4110. The third-order valence-electron chi connectivity index (χ3n) is 17.4. The topological polar surface area (TPSA) is 671 Å². The Hall–Kier alpha value is -12.4. The molecular formula is C72H105N21O20. The van der Waals surface area contributed by atoms with Gasteiger partial charge in [-0.15, -0.1) is 0 Å². The molecular weight excluding hydrogens is 1480 g/mol. The van der Waals surface area contributed by atoms with Crippen molar-refractivity contribution in [2.45, 2.75) is 186 Å². The number of aliphatic imine (C=N–C) groups is 1. The normalized spacial score (nSPS) is 13.5. The van der Waals surface area contributed by atoms with E-state index < -0.39 is 196 Å². The summed E-state index contributed by atoms with van der Waals surface area (Å²) in [4.78, 5) is 216. The molecule has 1 aromatic heterocycles. The molecule has 0 aliphatic heterocycles. The van der Waals surface area contributed by atoms with E-state index in [0.717, 1.165) is 24.3 Å². The van der Waals surface area contributed by atoms with E-state index in [4.69, 9.17) is 38.8 Å². The molecule has 0 unspecified atom stereocenters. The SMILES string of the molecule is CC[C@H](NC(=O)CNC(=O)Cc1cc(=O)oc2cc(N)ccc12)C(=O)N[C@H](C(=O)N[C@@H](CC(C)C)C(=O)N[C@@H](CCC(N)=O)C(=O)N[C@@H](CO)C(=O)NCC(=O)N[C@@H](Cc1ccccc1)C(=O)N[C@@H](CCCN=C(N)N)C(=O)N[C@@H](CCCCNc1ccc([N+](=O)[O-])cc1[N+](=O)[O-])C(=O)N[C@@H](CCCCN)C(N)=O)C(C)(C)C. The first-order valence-electron chi connectivity index (χ1n) is 36.6. The highest BCUT2D eigenvalue weighted by Gasteiger charge is 2.39. The van der Waals surface area contributed by atoms with Crippen molar-refractivity contribution in [3.05, 3.63) is 115 Å². The zero-order valence-corrected chi connectivity index (χ0v) is 63.9. The number of carbonyl (C=O) groups excluding carboxylic acids is 13. The number of hydrogen-bond donors (Lipinski definition) is 19. The van der Waals surface area contributed by atoms with Crippen LogP contribution in [0.5, 0.6) is 0 Å². The van der Waals surface area contributed by atoms with Gasteiger partial charge < -0.3 is 108 Å². The predicted octanol–water partition coefficient (Wildman–Crippen LogP) is -2.72. The van der Waals surface area contributed by atoms with Gasteiger partial charge in [0.2, 0.25) is 76.8 Å². The van der Waals surface area contributed by atoms with Crippen molar-refractivity contribution in [2.75, 3.05) is 50.4 Å². The molecule has 41 nitrogen and oxygen atoms in total. The van der Waals surface area contributed by atoms with Gasteiger partial charge in [0.05, 0.1) is 42.0 Å². The molecule has 0 fully saturated rings. The maximum atomic E-state index is 14.6. The van der Waals surface area contributed by atoms with Gasteiger partial charge in [-0.25, -0.2) is 4.79 Å². The number of nitro benzene ring substituents is 2. The Labute approximate surface area is 650 Å². The summed E-state index contributed by atoms with van der Waals surface area (Å²) in [5, 5.41) is 64.5. The Balaban J connectivity index is 1.49. The third-order valence-corrected chi connectivity index (χ3v) is 17.4. The fourth-order valence-corrected chi connectivity index (χ4v) is 11.4. The maximum Gasteiger partial charge on any atom is 0.336 e. The molecule has 113 heavy (non-hydrogen) atoms. The zero-order valence-electron chi connectivity index (χ0n) is 63.9. The molecule has 4 rings (SSSR count). The van der Waals surface area contributed by atoms with Gasteiger partial charge in [0.1, 0.15) is 65.6 Å². The maximum absolute atomic E-state index is 14.6. The smallest absolute Gasteiger partial charge is 0.336 e. The summed E-state index contributed by atoms with van der Waals surface area (Å²) in [5.41, 5.74) is 32.0. The predicted molar refractivity (Wildman–Crippen MR) is 413 cm³/mol. The number of aliphatic hydroxyl groups is 1. The minimum Gasteiger partial charge on any atom is -0.423 e. The van der Waals surface area contributed by atoms with Crippen LogP contribution >= 0.6 is 0 Å². The number of benzene rings is 3. The number of nitro groups is 2. The van der Waals surface area contributed by atoms with Crippen LogP contribution < -0.4 is 104 Å². The van der Waals surface area contributed by atoms with Gasteiger partial charge in [-0.05, 0) is 118 Å². The van der Waals surface area contributed by atoms with Gasteiger partial charge in [-0.1, -0.05) is 71.9 Å². The Morgan fingerprint density at radius 3 is 1.69 bits per heavy atom. The van der Waals surface area contributed by atoms with Crippen LogP contribution in [-0.2, 0) is 75.2 Å². The standard InChI is InChI=1S/C72H105N21O20/c1-7-45(83-58(97)36-81-57(96)32-41-33-60(99)113-55-34-42(74)21-23-44(41)55)64(102)91-61(72(4,5)6)70(108)89-51(30-39(2)3)68(106)88-50(25-26-56(75)95)67(105)90-53(38-94)63(101)82-37-59(98)84-52(31-40-16-9-8-10-17-40)69(107)87-49(20-15-29-80-71(77)78)66(104)86-48(65(103)85-47(62(76)100)18-11-13-27-73)19-12-14-28-79-46-24-22-43(92(109)110)35-54(46)93(111)112/h8-10,16-17,21-24,33-35,39,45,47-53,61,79,94H,7,11-15,18-20,25-32,36-38,73-74H2,1-6H3,(H2,75,95)(H2,76,100)(H,81,96)(H,82,101)(H,83,97)(H,84,98)(H,85,103)(H,86,104)(H,87,107)(H,88,106)(H,89,108)(H,90,105)(H,91,102)(H4,77,78,80)/t45-,47-,48-,49-,50-,51-,52-,53-,61+/m0/s1. The number of nitrogens with two attached hydrogens (primary N) is 6. The summed E-state index contributed by atoms with van der Waals surface area (Å²) in [6.45, 7) is 7.46. The Kier molecular flexibility index (Phi) is 38.1. The van der Waals surface area contributed by atoms with Crippen molar-refractivity contribution in [3.8, 4) is 0 Å². The molecule has 0 spiro atoms. The first-order chi connectivity index (χ1) is 53.3. The lowest BCUT2D eigenvalue weighted by molar-refractivity contribution is -0.393. The van der Waals surface area contributed by atoms with Gasteiger partial charge in [0.25, 0.3) is 11.4 Å². The number of aliphatic hydroxyl groups excluding tert-OH is 1. The van der Waals surface area contributed by atoms with E-state index in [-0.39, 0.29) is 107 Å². The largest absolute Gasteiger partial charge is 0.423 e. The van der Waals surface area contributed by atoms with Crippen LogP contribution in [0.2, 0.25) is 0 Å². The number of anilines is 2. The molecule has 0 bridgehead atoms. The van der Waals surface area contributed by atoms with Crippen LogP contribution in [-0.4, -0.2) is 191 Å². The number of guanidine groups is 1. The lowest BCUT2D eigenvalue weighted by atomic mass is 9.85. The van der Waals surface area contributed by atoms with Crippen molar-refractivity contribution in [1.29, 1.82) is 0 Å². The number of hydrogen-bond acceptors (Lipinski definition) is 24. The fourth-order valence-electron chi connectivity index (χ4n) is 11.4. The molecule has 9 atom stereocenters. The molecule has 0 saturated carbocycles. The number of unbranched alkanes of at least 4 members (excludes halogenated alkanes) is 2. The summed E-state index contributed by atoms with van der Waals surface area (Å²) >= 11 is 0. The summed E-state index contributed by atoms with van der Waals surface area (Å²) in [5.74, 6) is -12.6. The number of rotatable bonds is 49. The van der Waals surface area contributed by atoms with Crippen molar-refractivity contribution >= 4 is 116 Å².